The van der Waals surface area contributed by atoms with Crippen molar-refractivity contribution in [2.45, 2.75) is 31.3 Å². The monoisotopic (exact) mass is 498 g/mol. The summed E-state index contributed by atoms with van der Waals surface area (Å²) in [4.78, 5) is 51.3. The fourth-order valence-corrected chi connectivity index (χ4v) is 4.00. The van der Waals surface area contributed by atoms with E-state index >= 15 is 0 Å². The number of carbonyl (C=O) groups is 4. The maximum absolute atomic E-state index is 12.9. The first kappa shape index (κ1) is 22.0. The van der Waals surface area contributed by atoms with Crippen LogP contribution in [0.4, 0.5) is 5.69 Å². The summed E-state index contributed by atoms with van der Waals surface area (Å²) in [7, 11) is 0. The molecule has 1 saturated carbocycles. The van der Waals surface area contributed by atoms with Crippen LogP contribution in [0, 0.1) is 0 Å². The number of anilines is 1. The second-order valence-corrected chi connectivity index (χ2v) is 8.72. The molecule has 0 aromatic heterocycles. The van der Waals surface area contributed by atoms with Gasteiger partial charge in [-0.1, -0.05) is 34.1 Å². The van der Waals surface area contributed by atoms with Crippen molar-refractivity contribution in [3.63, 3.8) is 0 Å². The van der Waals surface area contributed by atoms with Gasteiger partial charge in [-0.2, -0.15) is 0 Å². The van der Waals surface area contributed by atoms with Crippen LogP contribution in [0.2, 0.25) is 0 Å². The van der Waals surface area contributed by atoms with E-state index < -0.39 is 11.9 Å². The molecular formula is C23H23BrN4O4. The van der Waals surface area contributed by atoms with E-state index in [4.69, 9.17) is 0 Å². The van der Waals surface area contributed by atoms with Gasteiger partial charge in [0.05, 0.1) is 6.54 Å². The molecule has 4 rings (SSSR count). The molecule has 32 heavy (non-hydrogen) atoms. The minimum Gasteiger partial charge on any atom is -0.354 e. The molecule has 2 aromatic carbocycles. The van der Waals surface area contributed by atoms with E-state index in [9.17, 15) is 19.2 Å². The van der Waals surface area contributed by atoms with Crippen molar-refractivity contribution in [2.75, 3.05) is 18.4 Å². The average molecular weight is 499 g/mol. The average Bonchev–Trinajstić information content (AvgIpc) is 3.57. The fourth-order valence-electron chi connectivity index (χ4n) is 3.73. The largest absolute Gasteiger partial charge is 0.354 e. The zero-order valence-corrected chi connectivity index (χ0v) is 18.9. The number of amides is 4. The van der Waals surface area contributed by atoms with Gasteiger partial charge in [0, 0.05) is 34.7 Å². The zero-order chi connectivity index (χ0) is 22.7. The molecule has 1 fully saturated rings. The molecule has 2 aromatic rings. The molecule has 4 amide bonds. The number of nitrogens with one attached hydrogen (secondary N) is 3. The summed E-state index contributed by atoms with van der Waals surface area (Å²) in [6.07, 6.45) is 1.87. The number of fused-ring (bicyclic) bond motifs is 1. The van der Waals surface area contributed by atoms with Gasteiger partial charge >= 0.3 is 0 Å². The Bertz CT molecular complexity index is 1050. The number of nitrogens with zero attached hydrogens (tertiary/aromatic N) is 1. The van der Waals surface area contributed by atoms with Gasteiger partial charge in [0.1, 0.15) is 6.04 Å². The first-order valence-corrected chi connectivity index (χ1v) is 11.2. The maximum atomic E-state index is 12.9. The third kappa shape index (κ3) is 4.99. The summed E-state index contributed by atoms with van der Waals surface area (Å²) in [6.45, 7) is -0.0749. The molecule has 1 aliphatic carbocycles. The number of rotatable bonds is 8. The van der Waals surface area contributed by atoms with Gasteiger partial charge < -0.3 is 20.9 Å². The van der Waals surface area contributed by atoms with Crippen molar-refractivity contribution >= 4 is 45.2 Å². The molecule has 3 N–H and O–H groups in total. The Hall–Kier alpha value is -3.20. The Balaban J connectivity index is 1.24. The minimum atomic E-state index is -0.712. The lowest BCUT2D eigenvalue weighted by atomic mass is 10.0. The highest BCUT2D eigenvalue weighted by atomic mass is 79.9. The molecule has 0 spiro atoms. The molecule has 1 unspecified atom stereocenters. The Morgan fingerprint density at radius 2 is 1.69 bits per heavy atom. The van der Waals surface area contributed by atoms with Crippen molar-refractivity contribution < 1.29 is 19.2 Å². The van der Waals surface area contributed by atoms with Gasteiger partial charge in [0.15, 0.2) is 0 Å². The molecule has 2 aliphatic rings. The second-order valence-electron chi connectivity index (χ2n) is 7.81. The van der Waals surface area contributed by atoms with Crippen LogP contribution < -0.4 is 16.0 Å². The zero-order valence-electron chi connectivity index (χ0n) is 17.3. The van der Waals surface area contributed by atoms with Crippen molar-refractivity contribution in [2.24, 2.45) is 0 Å². The number of halogens is 1. The first-order valence-electron chi connectivity index (χ1n) is 10.5. The highest BCUT2D eigenvalue weighted by molar-refractivity contribution is 9.10. The van der Waals surface area contributed by atoms with Gasteiger partial charge in [-0.15, -0.1) is 0 Å². The SMILES string of the molecule is O=C(CNC(=O)C1c2ccccc2C(=O)N1C1CC1)NCCC(=O)Nc1ccc(Br)cc1. The third-order valence-corrected chi connectivity index (χ3v) is 5.94. The van der Waals surface area contributed by atoms with Gasteiger partial charge in [-0.05, 0) is 48.7 Å². The van der Waals surface area contributed by atoms with Crippen LogP contribution in [0.25, 0.3) is 0 Å². The molecule has 0 bridgehead atoms. The molecule has 1 atom stereocenters. The third-order valence-electron chi connectivity index (χ3n) is 5.41. The second kappa shape index (κ2) is 9.52. The molecule has 0 saturated heterocycles. The van der Waals surface area contributed by atoms with E-state index in [1.165, 1.54) is 0 Å². The lowest BCUT2D eigenvalue weighted by Crippen LogP contribution is -2.44. The van der Waals surface area contributed by atoms with Crippen molar-refractivity contribution in [1.29, 1.82) is 0 Å². The van der Waals surface area contributed by atoms with Gasteiger partial charge in [-0.3, -0.25) is 19.2 Å². The number of carbonyl (C=O) groups excluding carboxylic acids is 4. The van der Waals surface area contributed by atoms with Crippen LogP contribution >= 0.6 is 15.9 Å². The summed E-state index contributed by atoms with van der Waals surface area (Å²) in [6, 6.07) is 13.6. The minimum absolute atomic E-state index is 0.0729. The van der Waals surface area contributed by atoms with Crippen molar-refractivity contribution in [3.8, 4) is 0 Å². The molecule has 1 aliphatic heterocycles. The summed E-state index contributed by atoms with van der Waals surface area (Å²) in [5.41, 5.74) is 1.89. The highest BCUT2D eigenvalue weighted by Crippen LogP contribution is 2.41. The standard InChI is InChI=1S/C23H23BrN4O4/c24-14-5-7-15(8-6-14)27-19(29)11-12-25-20(30)13-26-22(31)21-17-3-1-2-4-18(17)23(32)28(21)16-9-10-16/h1-8,16,21H,9-13H2,(H,25,30)(H,26,31)(H,27,29). The van der Waals surface area contributed by atoms with Crippen LogP contribution in [0.3, 0.4) is 0 Å². The molecule has 166 valence electrons. The maximum Gasteiger partial charge on any atom is 0.255 e. The summed E-state index contributed by atoms with van der Waals surface area (Å²) in [5, 5.41) is 8.00. The number of hydrogen-bond acceptors (Lipinski definition) is 4. The van der Waals surface area contributed by atoms with Crippen LogP contribution in [0.1, 0.15) is 41.2 Å². The van der Waals surface area contributed by atoms with E-state index in [-0.39, 0.29) is 43.3 Å². The molecular weight excluding hydrogens is 476 g/mol. The van der Waals surface area contributed by atoms with E-state index in [1.54, 1.807) is 41.3 Å². The number of benzene rings is 2. The summed E-state index contributed by atoms with van der Waals surface area (Å²) in [5.74, 6) is -1.13. The van der Waals surface area contributed by atoms with Crippen LogP contribution in [0.15, 0.2) is 53.0 Å². The van der Waals surface area contributed by atoms with E-state index in [1.807, 2.05) is 12.1 Å². The fraction of sp³-hybridized carbons (Fsp3) is 0.304. The Labute approximate surface area is 193 Å². The topological polar surface area (TPSA) is 108 Å². The molecule has 9 heteroatoms. The lowest BCUT2D eigenvalue weighted by molar-refractivity contribution is -0.129. The Morgan fingerprint density at radius 1 is 0.969 bits per heavy atom. The lowest BCUT2D eigenvalue weighted by Gasteiger charge is -2.24. The number of hydrogen-bond donors (Lipinski definition) is 3. The summed E-state index contributed by atoms with van der Waals surface area (Å²) < 4.78 is 0.913. The predicted molar refractivity (Wildman–Crippen MR) is 122 cm³/mol. The van der Waals surface area contributed by atoms with E-state index in [2.05, 4.69) is 31.9 Å². The highest BCUT2D eigenvalue weighted by Gasteiger charge is 2.47. The predicted octanol–water partition coefficient (Wildman–Crippen LogP) is 2.37. The Kier molecular flexibility index (Phi) is 6.55. The normalized spacial score (nSPS) is 17.0. The molecule has 8 nitrogen and oxygen atoms in total. The van der Waals surface area contributed by atoms with Crippen LogP contribution in [-0.2, 0) is 14.4 Å². The van der Waals surface area contributed by atoms with Gasteiger partial charge in [-0.25, -0.2) is 0 Å². The van der Waals surface area contributed by atoms with Gasteiger partial charge in [0.25, 0.3) is 5.91 Å². The van der Waals surface area contributed by atoms with Crippen LogP contribution in [0.5, 0.6) is 0 Å². The smallest absolute Gasteiger partial charge is 0.255 e. The Morgan fingerprint density at radius 3 is 2.41 bits per heavy atom. The van der Waals surface area contributed by atoms with E-state index in [0.29, 0.717) is 16.8 Å². The molecule has 1 heterocycles. The molecule has 0 radical (unpaired) electrons. The van der Waals surface area contributed by atoms with Gasteiger partial charge in [0.2, 0.25) is 17.7 Å². The quantitative estimate of drug-likeness (QED) is 0.519. The van der Waals surface area contributed by atoms with E-state index in [0.717, 1.165) is 17.3 Å². The van der Waals surface area contributed by atoms with Crippen molar-refractivity contribution in [1.82, 2.24) is 15.5 Å². The van der Waals surface area contributed by atoms with Crippen molar-refractivity contribution in [3.05, 3.63) is 64.1 Å². The van der Waals surface area contributed by atoms with Crippen LogP contribution in [-0.4, -0.2) is 47.7 Å². The summed E-state index contributed by atoms with van der Waals surface area (Å²) >= 11 is 3.33. The first-order chi connectivity index (χ1) is 15.4.